The first-order valence-corrected chi connectivity index (χ1v) is 12.5. The average molecular weight is 492 g/mol. The summed E-state index contributed by atoms with van der Waals surface area (Å²) in [5.41, 5.74) is 1.21. The first-order chi connectivity index (χ1) is 16.1. The van der Waals surface area contributed by atoms with Crippen molar-refractivity contribution in [2.75, 3.05) is 50.0 Å². The van der Waals surface area contributed by atoms with Gasteiger partial charge in [0.2, 0.25) is 21.8 Å². The van der Waals surface area contributed by atoms with Gasteiger partial charge in [0.05, 0.1) is 31.1 Å². The predicted molar refractivity (Wildman–Crippen MR) is 127 cm³/mol. The number of aliphatic hydroxyl groups is 1. The van der Waals surface area contributed by atoms with Gasteiger partial charge in [-0.15, -0.1) is 0 Å². The molecule has 1 heterocycles. The second kappa shape index (κ2) is 11.4. The molecule has 184 valence electrons. The predicted octanol–water partition coefficient (Wildman–Crippen LogP) is -0.0675. The Balaban J connectivity index is 1.45. The van der Waals surface area contributed by atoms with E-state index in [1.807, 2.05) is 0 Å². The number of anilines is 2. The molecule has 3 rings (SSSR count). The second-order valence-electron chi connectivity index (χ2n) is 8.23. The number of rotatable bonds is 9. The highest BCUT2D eigenvalue weighted by Crippen LogP contribution is 2.19. The quantitative estimate of drug-likeness (QED) is 0.389. The fourth-order valence-electron chi connectivity index (χ4n) is 3.73. The van der Waals surface area contributed by atoms with Gasteiger partial charge in [-0.3, -0.25) is 9.59 Å². The molecule has 34 heavy (non-hydrogen) atoms. The minimum atomic E-state index is -3.62. The number of amides is 2. The molecule has 0 aromatic heterocycles. The number of sulfonamides is 1. The maximum atomic E-state index is 12.9. The molecule has 1 aliphatic heterocycles. The highest BCUT2D eigenvalue weighted by Gasteiger charge is 2.31. The zero-order valence-electron chi connectivity index (χ0n) is 19.3. The van der Waals surface area contributed by atoms with Crippen molar-refractivity contribution in [1.82, 2.24) is 4.31 Å². The Kier molecular flexibility index (Phi) is 8.61. The van der Waals surface area contributed by atoms with Crippen LogP contribution in [-0.2, 0) is 19.6 Å². The number of benzene rings is 2. The summed E-state index contributed by atoms with van der Waals surface area (Å²) in [6.45, 7) is 5.24. The van der Waals surface area contributed by atoms with E-state index in [1.165, 1.54) is 30.3 Å². The zero-order valence-corrected chi connectivity index (χ0v) is 20.1. The van der Waals surface area contributed by atoms with Crippen LogP contribution in [0.15, 0.2) is 53.4 Å². The van der Waals surface area contributed by atoms with Crippen LogP contribution in [0, 0.1) is 0 Å². The van der Waals surface area contributed by atoms with Gasteiger partial charge >= 0.3 is 0 Å². The summed E-state index contributed by atoms with van der Waals surface area (Å²) in [6, 6.07) is 13.0. The van der Waals surface area contributed by atoms with Gasteiger partial charge in [-0.1, -0.05) is 0 Å². The third-order valence-electron chi connectivity index (χ3n) is 5.38. The first kappa shape index (κ1) is 25.6. The van der Waals surface area contributed by atoms with E-state index >= 15 is 0 Å². The number of aliphatic hydroxyl groups excluding tert-OH is 1. The molecule has 0 bridgehead atoms. The molecule has 2 aromatic carbocycles. The van der Waals surface area contributed by atoms with Crippen molar-refractivity contribution >= 4 is 33.2 Å². The van der Waals surface area contributed by atoms with Gasteiger partial charge < -0.3 is 25.4 Å². The molecule has 4 N–H and O–H groups in total. The minimum absolute atomic E-state index is 0.117. The lowest BCUT2D eigenvalue weighted by atomic mass is 10.3. The number of hydrogen-bond donors (Lipinski definition) is 4. The summed E-state index contributed by atoms with van der Waals surface area (Å²) in [5.74, 6) is 0.214. The van der Waals surface area contributed by atoms with Crippen molar-refractivity contribution in [3.63, 3.8) is 0 Å². The molecule has 0 unspecified atom stereocenters. The Labute approximate surface area is 199 Å². The Morgan fingerprint density at radius 1 is 0.971 bits per heavy atom. The van der Waals surface area contributed by atoms with E-state index in [0.29, 0.717) is 49.8 Å². The SMILES string of the molecule is CC(=O)Nc1ccc(OC[C@@H](O)C[NH+]2CCN(S(=O)(=O)c3ccc(NC(C)=O)cc3)CC2)cc1. The summed E-state index contributed by atoms with van der Waals surface area (Å²) < 4.78 is 32.9. The van der Waals surface area contributed by atoms with Gasteiger partial charge in [-0.25, -0.2) is 8.42 Å². The maximum absolute atomic E-state index is 12.9. The number of piperazine rings is 1. The van der Waals surface area contributed by atoms with Crippen LogP contribution >= 0.6 is 0 Å². The molecule has 1 saturated heterocycles. The molecule has 10 nitrogen and oxygen atoms in total. The Bertz CT molecular complexity index is 1080. The van der Waals surface area contributed by atoms with E-state index in [-0.39, 0.29) is 23.3 Å². The van der Waals surface area contributed by atoms with Gasteiger partial charge in [0.1, 0.15) is 25.0 Å². The minimum Gasteiger partial charge on any atom is -0.491 e. The van der Waals surface area contributed by atoms with E-state index in [0.717, 1.165) is 4.90 Å². The maximum Gasteiger partial charge on any atom is 0.243 e. The average Bonchev–Trinajstić information content (AvgIpc) is 2.78. The molecule has 1 fully saturated rings. The zero-order chi connectivity index (χ0) is 24.7. The molecular weight excluding hydrogens is 460 g/mol. The topological polar surface area (TPSA) is 129 Å². The normalized spacial score (nSPS) is 16.0. The van der Waals surface area contributed by atoms with Crippen LogP contribution in [0.2, 0.25) is 0 Å². The summed E-state index contributed by atoms with van der Waals surface area (Å²) >= 11 is 0. The van der Waals surface area contributed by atoms with Crippen molar-refractivity contribution in [3.05, 3.63) is 48.5 Å². The molecule has 0 radical (unpaired) electrons. The van der Waals surface area contributed by atoms with E-state index in [9.17, 15) is 23.1 Å². The molecule has 1 aliphatic rings. The molecular formula is C23H31N4O6S+. The van der Waals surface area contributed by atoms with Gasteiger partial charge in [0.25, 0.3) is 0 Å². The lowest BCUT2D eigenvalue weighted by molar-refractivity contribution is -0.906. The van der Waals surface area contributed by atoms with Crippen LogP contribution in [0.25, 0.3) is 0 Å². The number of nitrogens with one attached hydrogen (secondary N) is 3. The molecule has 0 spiro atoms. The van der Waals surface area contributed by atoms with Crippen LogP contribution in [0.5, 0.6) is 5.75 Å². The lowest BCUT2D eigenvalue weighted by Gasteiger charge is -2.32. The monoisotopic (exact) mass is 491 g/mol. The summed E-state index contributed by atoms with van der Waals surface area (Å²) in [7, 11) is -3.62. The van der Waals surface area contributed by atoms with Crippen LogP contribution in [0.3, 0.4) is 0 Å². The van der Waals surface area contributed by atoms with E-state index in [4.69, 9.17) is 4.74 Å². The molecule has 2 amide bonds. The molecule has 11 heteroatoms. The number of ether oxygens (including phenoxy) is 1. The van der Waals surface area contributed by atoms with E-state index < -0.39 is 16.1 Å². The first-order valence-electron chi connectivity index (χ1n) is 11.0. The van der Waals surface area contributed by atoms with Crippen LogP contribution in [0.1, 0.15) is 13.8 Å². The number of quaternary nitrogens is 1. The number of hydrogen-bond acceptors (Lipinski definition) is 6. The summed E-state index contributed by atoms with van der Waals surface area (Å²) in [6.07, 6.45) is -0.700. The number of carbonyl (C=O) groups excluding carboxylic acids is 2. The molecule has 1 atom stereocenters. The number of carbonyl (C=O) groups is 2. The van der Waals surface area contributed by atoms with E-state index in [1.54, 1.807) is 36.4 Å². The number of nitrogens with zero attached hydrogens (tertiary/aromatic N) is 1. The molecule has 0 aliphatic carbocycles. The van der Waals surface area contributed by atoms with Crippen molar-refractivity contribution in [1.29, 1.82) is 0 Å². The molecule has 2 aromatic rings. The lowest BCUT2D eigenvalue weighted by Crippen LogP contribution is -3.15. The smallest absolute Gasteiger partial charge is 0.243 e. The largest absolute Gasteiger partial charge is 0.491 e. The third-order valence-corrected chi connectivity index (χ3v) is 7.30. The Morgan fingerprint density at radius 3 is 1.97 bits per heavy atom. The Morgan fingerprint density at radius 2 is 1.47 bits per heavy atom. The van der Waals surface area contributed by atoms with Gasteiger partial charge in [-0.05, 0) is 48.5 Å². The fraction of sp³-hybridized carbons (Fsp3) is 0.391. The summed E-state index contributed by atoms with van der Waals surface area (Å²) in [5, 5.41) is 15.7. The van der Waals surface area contributed by atoms with Crippen molar-refractivity contribution < 1.29 is 32.8 Å². The van der Waals surface area contributed by atoms with Crippen molar-refractivity contribution in [3.8, 4) is 5.75 Å². The van der Waals surface area contributed by atoms with Crippen molar-refractivity contribution in [2.45, 2.75) is 24.8 Å². The summed E-state index contributed by atoms with van der Waals surface area (Å²) in [4.78, 5) is 23.5. The van der Waals surface area contributed by atoms with E-state index in [2.05, 4.69) is 10.6 Å². The Hall–Kier alpha value is -2.99. The highest BCUT2D eigenvalue weighted by atomic mass is 32.2. The van der Waals surface area contributed by atoms with Gasteiger partial charge in [0, 0.05) is 25.2 Å². The second-order valence-corrected chi connectivity index (χ2v) is 10.2. The van der Waals surface area contributed by atoms with Crippen LogP contribution < -0.4 is 20.3 Å². The van der Waals surface area contributed by atoms with Gasteiger partial charge in [-0.2, -0.15) is 4.31 Å². The fourth-order valence-corrected chi connectivity index (χ4v) is 5.17. The highest BCUT2D eigenvalue weighted by molar-refractivity contribution is 7.89. The standard InChI is InChI=1S/C23H30N4O6S/c1-17(28)24-19-3-7-22(8-4-19)33-16-21(30)15-26-11-13-27(14-12-26)34(31,32)23-9-5-20(6-10-23)25-18(2)29/h3-10,21,30H,11-16H2,1-2H3,(H,24,28)(H,25,29)/p+1/t21-/m0/s1. The van der Waals surface area contributed by atoms with Crippen LogP contribution in [-0.4, -0.2) is 75.1 Å². The van der Waals surface area contributed by atoms with Crippen molar-refractivity contribution in [2.24, 2.45) is 0 Å². The van der Waals surface area contributed by atoms with Crippen LogP contribution in [0.4, 0.5) is 11.4 Å². The van der Waals surface area contributed by atoms with Gasteiger partial charge in [0.15, 0.2) is 0 Å². The molecule has 0 saturated carbocycles. The third kappa shape index (κ3) is 7.26.